The van der Waals surface area contributed by atoms with E-state index in [1.165, 1.54) is 6.07 Å². The quantitative estimate of drug-likeness (QED) is 0.533. The molecule has 2 aromatic carbocycles. The van der Waals surface area contributed by atoms with Crippen LogP contribution in [0.5, 0.6) is 0 Å². The van der Waals surface area contributed by atoms with Gasteiger partial charge in [0.2, 0.25) is 5.91 Å². The highest BCUT2D eigenvalue weighted by molar-refractivity contribution is 5.79. The Morgan fingerprint density at radius 3 is 2.34 bits per heavy atom. The van der Waals surface area contributed by atoms with Crippen LogP contribution in [0.4, 0.5) is 0 Å². The van der Waals surface area contributed by atoms with Crippen LogP contribution >= 0.6 is 0 Å². The molecule has 1 fully saturated rings. The van der Waals surface area contributed by atoms with Gasteiger partial charge in [-0.3, -0.25) is 9.59 Å². The number of amides is 1. The number of benzene rings is 2. The Balaban J connectivity index is 1.60. The minimum absolute atomic E-state index is 0.0224. The zero-order valence-corrected chi connectivity index (χ0v) is 18.2. The van der Waals surface area contributed by atoms with Crippen molar-refractivity contribution in [2.75, 3.05) is 6.54 Å². The Hall–Kier alpha value is -3.25. The van der Waals surface area contributed by atoms with Gasteiger partial charge < -0.3 is 16.0 Å². The lowest BCUT2D eigenvalue weighted by molar-refractivity contribution is -0.127. The molecule has 1 aliphatic rings. The number of carbonyl (C=O) groups excluding carboxylic acids is 1. The van der Waals surface area contributed by atoms with Crippen LogP contribution in [-0.4, -0.2) is 22.4 Å². The number of hydrogen-bond donors (Lipinski definition) is 3. The fraction of sp³-hybridized carbons (Fsp3) is 0.346. The van der Waals surface area contributed by atoms with Crippen molar-refractivity contribution in [2.24, 2.45) is 17.6 Å². The fourth-order valence-corrected chi connectivity index (χ4v) is 4.41. The maximum atomic E-state index is 13.1. The number of aromatic nitrogens is 2. The Morgan fingerprint density at radius 1 is 1.03 bits per heavy atom. The van der Waals surface area contributed by atoms with E-state index in [1.54, 1.807) is 0 Å². The van der Waals surface area contributed by atoms with E-state index in [9.17, 15) is 9.59 Å². The standard InChI is InChI=1S/C26H30N4O2/c27-17-19-11-13-21(14-12-19)26(32)29-23(15-18-7-3-1-4-8-18)25-28-22(16-24(31)30-25)20-9-5-2-6-10-20/h1-10,16,19,21,23H,11-15,17,27H2,(H,29,32)(H,28,30,31). The summed E-state index contributed by atoms with van der Waals surface area (Å²) in [5.74, 6) is 0.984. The molecule has 0 bridgehead atoms. The lowest BCUT2D eigenvalue weighted by Gasteiger charge is -2.28. The van der Waals surface area contributed by atoms with E-state index >= 15 is 0 Å². The summed E-state index contributed by atoms with van der Waals surface area (Å²) in [6.07, 6.45) is 4.21. The molecule has 1 aliphatic carbocycles. The van der Waals surface area contributed by atoms with Gasteiger partial charge in [0.25, 0.3) is 5.56 Å². The van der Waals surface area contributed by atoms with Crippen LogP contribution in [0.2, 0.25) is 0 Å². The molecule has 0 saturated heterocycles. The third-order valence-corrected chi connectivity index (χ3v) is 6.31. The SMILES string of the molecule is NCC1CCC(C(=O)NC(Cc2ccccc2)c2nc(-c3ccccc3)cc(=O)[nH]2)CC1. The summed E-state index contributed by atoms with van der Waals surface area (Å²) >= 11 is 0. The zero-order valence-electron chi connectivity index (χ0n) is 18.2. The fourth-order valence-electron chi connectivity index (χ4n) is 4.41. The molecule has 4 N–H and O–H groups in total. The molecule has 166 valence electrons. The van der Waals surface area contributed by atoms with Crippen molar-refractivity contribution in [1.82, 2.24) is 15.3 Å². The molecule has 4 rings (SSSR count). The molecule has 1 unspecified atom stereocenters. The van der Waals surface area contributed by atoms with Crippen LogP contribution < -0.4 is 16.6 Å². The smallest absolute Gasteiger partial charge is 0.251 e. The molecule has 0 aliphatic heterocycles. The molecule has 1 saturated carbocycles. The maximum absolute atomic E-state index is 13.1. The van der Waals surface area contributed by atoms with E-state index in [1.807, 2.05) is 60.7 Å². The topological polar surface area (TPSA) is 101 Å². The normalized spacial score (nSPS) is 19.3. The maximum Gasteiger partial charge on any atom is 0.251 e. The van der Waals surface area contributed by atoms with E-state index in [2.05, 4.69) is 10.3 Å². The molecule has 32 heavy (non-hydrogen) atoms. The number of nitrogens with zero attached hydrogens (tertiary/aromatic N) is 1. The van der Waals surface area contributed by atoms with Gasteiger partial charge in [-0.25, -0.2) is 4.98 Å². The first-order valence-electron chi connectivity index (χ1n) is 11.3. The average molecular weight is 431 g/mol. The summed E-state index contributed by atoms with van der Waals surface area (Å²) < 4.78 is 0. The van der Waals surface area contributed by atoms with E-state index in [4.69, 9.17) is 10.7 Å². The van der Waals surface area contributed by atoms with Crippen LogP contribution in [0.15, 0.2) is 71.5 Å². The van der Waals surface area contributed by atoms with Gasteiger partial charge in [-0.2, -0.15) is 0 Å². The Morgan fingerprint density at radius 2 is 1.69 bits per heavy atom. The van der Waals surface area contributed by atoms with Crippen molar-refractivity contribution in [1.29, 1.82) is 0 Å². The van der Waals surface area contributed by atoms with E-state index < -0.39 is 6.04 Å². The van der Waals surface area contributed by atoms with Gasteiger partial charge >= 0.3 is 0 Å². The first-order chi connectivity index (χ1) is 15.6. The summed E-state index contributed by atoms with van der Waals surface area (Å²) in [7, 11) is 0. The van der Waals surface area contributed by atoms with Gasteiger partial charge in [0.05, 0.1) is 11.7 Å². The Bertz CT molecular complexity index is 1070. The molecule has 0 spiro atoms. The first kappa shape index (κ1) is 22.0. The second-order valence-electron chi connectivity index (χ2n) is 8.59. The van der Waals surface area contributed by atoms with Crippen LogP contribution in [0, 0.1) is 11.8 Å². The highest BCUT2D eigenvalue weighted by Crippen LogP contribution is 2.29. The number of H-pyrrole nitrogens is 1. The van der Waals surface area contributed by atoms with Crippen molar-refractivity contribution in [2.45, 2.75) is 38.1 Å². The van der Waals surface area contributed by atoms with Crippen molar-refractivity contribution >= 4 is 5.91 Å². The second-order valence-corrected chi connectivity index (χ2v) is 8.59. The number of nitrogens with two attached hydrogens (primary N) is 1. The molecule has 1 aromatic heterocycles. The summed E-state index contributed by atoms with van der Waals surface area (Å²) in [5, 5.41) is 3.19. The minimum Gasteiger partial charge on any atom is -0.346 e. The highest BCUT2D eigenvalue weighted by Gasteiger charge is 2.28. The molecule has 6 nitrogen and oxygen atoms in total. The predicted molar refractivity (Wildman–Crippen MR) is 126 cm³/mol. The molecule has 1 heterocycles. The zero-order chi connectivity index (χ0) is 22.3. The lowest BCUT2D eigenvalue weighted by atomic mass is 9.81. The van der Waals surface area contributed by atoms with Gasteiger partial charge in [0, 0.05) is 17.5 Å². The Labute approximate surface area is 188 Å². The number of carbonyl (C=O) groups is 1. The Kier molecular flexibility index (Phi) is 7.12. The van der Waals surface area contributed by atoms with Gasteiger partial charge in [0.15, 0.2) is 0 Å². The van der Waals surface area contributed by atoms with E-state index in [0.29, 0.717) is 30.4 Å². The summed E-state index contributed by atoms with van der Waals surface area (Å²) in [5.41, 5.74) is 8.10. The van der Waals surface area contributed by atoms with Crippen LogP contribution in [0.1, 0.15) is 43.1 Å². The molecule has 1 amide bonds. The molecular weight excluding hydrogens is 400 g/mol. The third-order valence-electron chi connectivity index (χ3n) is 6.31. The van der Waals surface area contributed by atoms with Crippen molar-refractivity contribution in [3.63, 3.8) is 0 Å². The van der Waals surface area contributed by atoms with Crippen molar-refractivity contribution in [3.05, 3.63) is 88.5 Å². The van der Waals surface area contributed by atoms with Crippen molar-refractivity contribution < 1.29 is 4.79 Å². The molecule has 6 heteroatoms. The average Bonchev–Trinajstić information content (AvgIpc) is 2.84. The van der Waals surface area contributed by atoms with Crippen LogP contribution in [-0.2, 0) is 11.2 Å². The first-order valence-corrected chi connectivity index (χ1v) is 11.3. The number of nitrogens with one attached hydrogen (secondary N) is 2. The minimum atomic E-state index is -0.423. The lowest BCUT2D eigenvalue weighted by Crippen LogP contribution is -2.38. The second kappa shape index (κ2) is 10.4. The number of aromatic amines is 1. The molecule has 1 atom stereocenters. The van der Waals surface area contributed by atoms with Gasteiger partial charge in [-0.15, -0.1) is 0 Å². The molecule has 3 aromatic rings. The van der Waals surface area contributed by atoms with E-state index in [-0.39, 0.29) is 17.4 Å². The van der Waals surface area contributed by atoms with Gasteiger partial charge in [-0.05, 0) is 50.1 Å². The summed E-state index contributed by atoms with van der Waals surface area (Å²) in [6, 6.07) is 20.6. The highest BCUT2D eigenvalue weighted by atomic mass is 16.2. The monoisotopic (exact) mass is 430 g/mol. The predicted octanol–water partition coefficient (Wildman–Crippen LogP) is 3.60. The summed E-state index contributed by atoms with van der Waals surface area (Å²) in [4.78, 5) is 33.2. The van der Waals surface area contributed by atoms with E-state index in [0.717, 1.165) is 36.8 Å². The van der Waals surface area contributed by atoms with Crippen LogP contribution in [0.25, 0.3) is 11.3 Å². The molecular formula is C26H30N4O2. The number of rotatable bonds is 7. The molecule has 0 radical (unpaired) electrons. The van der Waals surface area contributed by atoms with Crippen molar-refractivity contribution in [3.8, 4) is 11.3 Å². The van der Waals surface area contributed by atoms with Gasteiger partial charge in [-0.1, -0.05) is 60.7 Å². The largest absolute Gasteiger partial charge is 0.346 e. The number of hydrogen-bond acceptors (Lipinski definition) is 4. The third kappa shape index (κ3) is 5.51. The van der Waals surface area contributed by atoms with Crippen LogP contribution in [0.3, 0.4) is 0 Å². The summed E-state index contributed by atoms with van der Waals surface area (Å²) in [6.45, 7) is 0.683. The van der Waals surface area contributed by atoms with Gasteiger partial charge in [0.1, 0.15) is 5.82 Å².